The average molecular weight is 212 g/mol. The average Bonchev–Trinajstić information content (AvgIpc) is 2.16. The standard InChI is InChI=1S/C10H10ClNO2/c1-3-7(2)9-5-4-8(11)6-10(9)12(13)14/h4-6H,2-3H2,1H3. The fourth-order valence-corrected chi connectivity index (χ4v) is 1.31. The summed E-state index contributed by atoms with van der Waals surface area (Å²) in [4.78, 5) is 10.3. The van der Waals surface area contributed by atoms with E-state index in [9.17, 15) is 10.1 Å². The first-order chi connectivity index (χ1) is 6.56. The summed E-state index contributed by atoms with van der Waals surface area (Å²) < 4.78 is 0. The van der Waals surface area contributed by atoms with Crippen LogP contribution >= 0.6 is 11.6 Å². The third-order valence-corrected chi connectivity index (χ3v) is 2.20. The summed E-state index contributed by atoms with van der Waals surface area (Å²) in [5.74, 6) is 0. The second kappa shape index (κ2) is 4.24. The van der Waals surface area contributed by atoms with E-state index in [0.717, 1.165) is 5.57 Å². The molecule has 0 fully saturated rings. The Bertz CT molecular complexity index is 388. The number of benzene rings is 1. The van der Waals surface area contributed by atoms with E-state index >= 15 is 0 Å². The Morgan fingerprint density at radius 3 is 2.79 bits per heavy atom. The Morgan fingerprint density at radius 1 is 1.64 bits per heavy atom. The van der Waals surface area contributed by atoms with Crippen LogP contribution in [-0.4, -0.2) is 4.92 Å². The minimum Gasteiger partial charge on any atom is -0.258 e. The third kappa shape index (κ3) is 2.12. The fraction of sp³-hybridized carbons (Fsp3) is 0.200. The van der Waals surface area contributed by atoms with Gasteiger partial charge in [-0.05, 0) is 24.1 Å². The Balaban J connectivity index is 3.28. The Labute approximate surface area is 87.2 Å². The van der Waals surface area contributed by atoms with Crippen molar-refractivity contribution in [2.45, 2.75) is 13.3 Å². The highest BCUT2D eigenvalue weighted by Crippen LogP contribution is 2.29. The molecule has 0 aliphatic heterocycles. The zero-order valence-corrected chi connectivity index (χ0v) is 8.54. The molecule has 0 N–H and O–H groups in total. The van der Waals surface area contributed by atoms with Gasteiger partial charge in [0.15, 0.2) is 0 Å². The number of nitrogens with zero attached hydrogens (tertiary/aromatic N) is 1. The fourth-order valence-electron chi connectivity index (χ4n) is 1.15. The summed E-state index contributed by atoms with van der Waals surface area (Å²) >= 11 is 5.67. The van der Waals surface area contributed by atoms with Crippen LogP contribution in [0.15, 0.2) is 24.8 Å². The van der Waals surface area contributed by atoms with Crippen molar-refractivity contribution in [3.63, 3.8) is 0 Å². The molecular formula is C10H10ClNO2. The smallest absolute Gasteiger partial charge is 0.258 e. The molecule has 1 rings (SSSR count). The largest absolute Gasteiger partial charge is 0.278 e. The van der Waals surface area contributed by atoms with Gasteiger partial charge in [-0.1, -0.05) is 25.1 Å². The van der Waals surface area contributed by atoms with E-state index in [4.69, 9.17) is 11.6 Å². The molecule has 0 atom stereocenters. The highest BCUT2D eigenvalue weighted by molar-refractivity contribution is 6.30. The number of rotatable bonds is 3. The summed E-state index contributed by atoms with van der Waals surface area (Å²) in [7, 11) is 0. The molecule has 0 saturated heterocycles. The summed E-state index contributed by atoms with van der Waals surface area (Å²) in [5.41, 5.74) is 1.32. The summed E-state index contributed by atoms with van der Waals surface area (Å²) in [6.07, 6.45) is 0.683. The molecule has 3 nitrogen and oxygen atoms in total. The van der Waals surface area contributed by atoms with Gasteiger partial charge < -0.3 is 0 Å². The van der Waals surface area contributed by atoms with Crippen molar-refractivity contribution < 1.29 is 4.92 Å². The topological polar surface area (TPSA) is 43.1 Å². The Kier molecular flexibility index (Phi) is 3.25. The molecule has 0 spiro atoms. The van der Waals surface area contributed by atoms with Crippen molar-refractivity contribution in [1.82, 2.24) is 0 Å². The number of nitro groups is 1. The van der Waals surface area contributed by atoms with Crippen LogP contribution in [0.3, 0.4) is 0 Å². The first-order valence-corrected chi connectivity index (χ1v) is 4.56. The van der Waals surface area contributed by atoms with Crippen molar-refractivity contribution in [3.8, 4) is 0 Å². The van der Waals surface area contributed by atoms with Crippen molar-refractivity contribution in [2.75, 3.05) is 0 Å². The molecule has 0 aliphatic carbocycles. The van der Waals surface area contributed by atoms with Gasteiger partial charge in [0.2, 0.25) is 0 Å². The lowest BCUT2D eigenvalue weighted by Gasteiger charge is -2.03. The molecule has 0 bridgehead atoms. The zero-order valence-electron chi connectivity index (χ0n) is 7.79. The first kappa shape index (κ1) is 10.7. The molecule has 74 valence electrons. The minimum absolute atomic E-state index is 0.0179. The van der Waals surface area contributed by atoms with Crippen LogP contribution in [-0.2, 0) is 0 Å². The van der Waals surface area contributed by atoms with Crippen LogP contribution in [0.25, 0.3) is 5.57 Å². The lowest BCUT2D eigenvalue weighted by Crippen LogP contribution is -1.94. The quantitative estimate of drug-likeness (QED) is 0.566. The van der Waals surface area contributed by atoms with Gasteiger partial charge in [-0.3, -0.25) is 10.1 Å². The molecule has 0 unspecified atom stereocenters. The van der Waals surface area contributed by atoms with E-state index < -0.39 is 4.92 Å². The van der Waals surface area contributed by atoms with Gasteiger partial charge in [0.05, 0.1) is 10.5 Å². The molecule has 1 aromatic carbocycles. The molecule has 0 radical (unpaired) electrons. The number of hydrogen-bond acceptors (Lipinski definition) is 2. The van der Waals surface area contributed by atoms with Crippen LogP contribution in [0, 0.1) is 10.1 Å². The maximum Gasteiger partial charge on any atom is 0.278 e. The lowest BCUT2D eigenvalue weighted by molar-refractivity contribution is -0.385. The van der Waals surface area contributed by atoms with Crippen molar-refractivity contribution in [2.24, 2.45) is 0 Å². The zero-order chi connectivity index (χ0) is 10.7. The molecule has 0 aliphatic rings. The van der Waals surface area contributed by atoms with E-state index in [-0.39, 0.29) is 5.69 Å². The minimum atomic E-state index is -0.442. The molecule has 0 amide bonds. The third-order valence-electron chi connectivity index (χ3n) is 1.96. The second-order valence-electron chi connectivity index (χ2n) is 2.88. The van der Waals surface area contributed by atoms with Crippen LogP contribution in [0.1, 0.15) is 18.9 Å². The van der Waals surface area contributed by atoms with Crippen molar-refractivity contribution >= 4 is 22.9 Å². The number of halogens is 1. The van der Waals surface area contributed by atoms with Crippen molar-refractivity contribution in [3.05, 3.63) is 45.5 Å². The molecular weight excluding hydrogens is 202 g/mol. The Hall–Kier alpha value is -1.35. The maximum absolute atomic E-state index is 10.7. The number of hydrogen-bond donors (Lipinski definition) is 0. The second-order valence-corrected chi connectivity index (χ2v) is 3.31. The molecule has 4 heteroatoms. The van der Waals surface area contributed by atoms with Gasteiger partial charge in [-0.25, -0.2) is 0 Å². The Morgan fingerprint density at radius 2 is 2.29 bits per heavy atom. The number of nitro benzene ring substituents is 1. The van der Waals surface area contributed by atoms with Gasteiger partial charge in [-0.2, -0.15) is 0 Å². The SMILES string of the molecule is C=C(CC)c1ccc(Cl)cc1[N+](=O)[O-]. The van der Waals surface area contributed by atoms with Crippen LogP contribution in [0.2, 0.25) is 5.02 Å². The summed E-state index contributed by atoms with van der Waals surface area (Å²) in [5, 5.41) is 11.1. The van der Waals surface area contributed by atoms with Gasteiger partial charge >= 0.3 is 0 Å². The van der Waals surface area contributed by atoms with Gasteiger partial charge in [-0.15, -0.1) is 0 Å². The lowest BCUT2D eigenvalue weighted by atomic mass is 10.0. The molecule has 1 aromatic rings. The molecule has 0 saturated carbocycles. The normalized spacial score (nSPS) is 9.86. The van der Waals surface area contributed by atoms with Gasteiger partial charge in [0.25, 0.3) is 5.69 Å². The maximum atomic E-state index is 10.7. The van der Waals surface area contributed by atoms with E-state index in [1.807, 2.05) is 6.92 Å². The van der Waals surface area contributed by atoms with Gasteiger partial charge in [0, 0.05) is 11.1 Å². The monoisotopic (exact) mass is 211 g/mol. The van der Waals surface area contributed by atoms with E-state index in [2.05, 4.69) is 6.58 Å². The molecule has 0 heterocycles. The summed E-state index contributed by atoms with van der Waals surface area (Å²) in [6, 6.07) is 4.61. The highest BCUT2D eigenvalue weighted by Gasteiger charge is 2.15. The predicted octanol–water partition coefficient (Wildman–Crippen LogP) is 3.67. The van der Waals surface area contributed by atoms with Gasteiger partial charge in [0.1, 0.15) is 0 Å². The summed E-state index contributed by atoms with van der Waals surface area (Å²) in [6.45, 7) is 5.67. The van der Waals surface area contributed by atoms with Crippen LogP contribution < -0.4 is 0 Å². The van der Waals surface area contributed by atoms with E-state index in [1.54, 1.807) is 12.1 Å². The first-order valence-electron chi connectivity index (χ1n) is 4.18. The van der Waals surface area contributed by atoms with Crippen LogP contribution in [0.5, 0.6) is 0 Å². The predicted molar refractivity (Wildman–Crippen MR) is 57.4 cm³/mol. The van der Waals surface area contributed by atoms with Crippen LogP contribution in [0.4, 0.5) is 5.69 Å². The van der Waals surface area contributed by atoms with E-state index in [0.29, 0.717) is 17.0 Å². The number of allylic oxidation sites excluding steroid dienone is 1. The molecule has 0 aromatic heterocycles. The molecule has 14 heavy (non-hydrogen) atoms. The van der Waals surface area contributed by atoms with Crippen molar-refractivity contribution in [1.29, 1.82) is 0 Å². The van der Waals surface area contributed by atoms with E-state index in [1.165, 1.54) is 6.07 Å². The highest BCUT2D eigenvalue weighted by atomic mass is 35.5.